The minimum Gasteiger partial charge on any atom is -0.489 e. The van der Waals surface area contributed by atoms with Crippen LogP contribution in [0.4, 0.5) is 5.69 Å². The molecule has 0 bridgehead atoms. The van der Waals surface area contributed by atoms with E-state index >= 15 is 0 Å². The van der Waals surface area contributed by atoms with E-state index in [9.17, 15) is 0 Å². The van der Waals surface area contributed by atoms with Crippen molar-refractivity contribution in [2.75, 3.05) is 5.73 Å². The monoisotopic (exact) mass is 289 g/mol. The number of halogens is 1. The molecule has 0 fully saturated rings. The van der Waals surface area contributed by atoms with Crippen LogP contribution < -0.4 is 10.5 Å². The van der Waals surface area contributed by atoms with Crippen molar-refractivity contribution in [1.82, 2.24) is 0 Å². The topological polar surface area (TPSA) is 35.2 Å². The molecule has 0 amide bonds. The number of anilines is 1. The summed E-state index contributed by atoms with van der Waals surface area (Å²) in [5, 5.41) is 0.639. The Labute approximate surface area is 125 Å². The molecule has 3 heteroatoms. The molecule has 0 spiro atoms. The first kappa shape index (κ1) is 14.7. The van der Waals surface area contributed by atoms with Crippen molar-refractivity contribution in [2.24, 2.45) is 0 Å². The zero-order valence-corrected chi connectivity index (χ0v) is 12.9. The van der Waals surface area contributed by atoms with Gasteiger partial charge in [0.05, 0.1) is 0 Å². The molecule has 0 radical (unpaired) electrons. The zero-order valence-electron chi connectivity index (χ0n) is 12.1. The minimum absolute atomic E-state index is 0.444. The molecule has 0 aromatic heterocycles. The van der Waals surface area contributed by atoms with Crippen molar-refractivity contribution in [1.29, 1.82) is 0 Å². The number of nitrogens with two attached hydrogens (primary N) is 1. The Morgan fingerprint density at radius 2 is 1.90 bits per heavy atom. The number of hydrogen-bond acceptors (Lipinski definition) is 2. The first-order chi connectivity index (χ1) is 9.47. The third-order valence-electron chi connectivity index (χ3n) is 3.33. The summed E-state index contributed by atoms with van der Waals surface area (Å²) in [6.07, 6.45) is 0. The number of nitrogen functional groups attached to an aromatic ring is 1. The lowest BCUT2D eigenvalue weighted by Crippen LogP contribution is -1.99. The van der Waals surface area contributed by atoms with Gasteiger partial charge < -0.3 is 10.5 Å². The minimum atomic E-state index is 0.444. The second-order valence-corrected chi connectivity index (χ2v) is 5.72. The van der Waals surface area contributed by atoms with Gasteiger partial charge in [0.2, 0.25) is 0 Å². The fourth-order valence-corrected chi connectivity index (χ4v) is 2.47. The van der Waals surface area contributed by atoms with Crippen LogP contribution in [0.5, 0.6) is 5.75 Å². The number of ether oxygens (including phenoxy) is 1. The lowest BCUT2D eigenvalue weighted by Gasteiger charge is -2.13. The van der Waals surface area contributed by atoms with Gasteiger partial charge in [0.15, 0.2) is 0 Å². The lowest BCUT2D eigenvalue weighted by molar-refractivity contribution is 0.306. The summed E-state index contributed by atoms with van der Waals surface area (Å²) in [6.45, 7) is 6.94. The maximum absolute atomic E-state index is 6.13. The van der Waals surface area contributed by atoms with Crippen LogP contribution in [0, 0.1) is 6.92 Å². The van der Waals surface area contributed by atoms with Crippen LogP contribution in [0.2, 0.25) is 5.02 Å². The van der Waals surface area contributed by atoms with Crippen LogP contribution in [-0.2, 0) is 6.61 Å². The van der Waals surface area contributed by atoms with Crippen molar-refractivity contribution in [3.05, 3.63) is 58.1 Å². The molecular weight excluding hydrogens is 270 g/mol. The predicted molar refractivity (Wildman–Crippen MR) is 85.5 cm³/mol. The molecule has 0 aliphatic carbocycles. The van der Waals surface area contributed by atoms with E-state index in [4.69, 9.17) is 22.1 Å². The SMILES string of the molecule is Cc1cc(OCc2ccc(N)cc2Cl)ccc1C(C)C. The van der Waals surface area contributed by atoms with Crippen LogP contribution in [0.1, 0.15) is 36.5 Å². The van der Waals surface area contributed by atoms with Gasteiger partial charge >= 0.3 is 0 Å². The summed E-state index contributed by atoms with van der Waals surface area (Å²) < 4.78 is 5.80. The fraction of sp³-hybridized carbons (Fsp3) is 0.294. The molecule has 2 N–H and O–H groups in total. The summed E-state index contributed by atoms with van der Waals surface area (Å²) in [6, 6.07) is 11.7. The normalized spacial score (nSPS) is 10.8. The fourth-order valence-electron chi connectivity index (χ4n) is 2.23. The third-order valence-corrected chi connectivity index (χ3v) is 3.69. The molecule has 0 aliphatic heterocycles. The van der Waals surface area contributed by atoms with Crippen LogP contribution in [-0.4, -0.2) is 0 Å². The molecule has 2 aromatic carbocycles. The average molecular weight is 290 g/mol. The smallest absolute Gasteiger partial charge is 0.120 e. The maximum Gasteiger partial charge on any atom is 0.120 e. The number of hydrogen-bond donors (Lipinski definition) is 1. The summed E-state index contributed by atoms with van der Waals surface area (Å²) in [7, 11) is 0. The van der Waals surface area contributed by atoms with Crippen molar-refractivity contribution in [3.8, 4) is 5.75 Å². The molecule has 0 aliphatic rings. The van der Waals surface area contributed by atoms with E-state index in [0.29, 0.717) is 23.2 Å². The Morgan fingerprint density at radius 3 is 2.50 bits per heavy atom. The molecule has 2 nitrogen and oxygen atoms in total. The maximum atomic E-state index is 6.13. The van der Waals surface area contributed by atoms with Crippen molar-refractivity contribution in [3.63, 3.8) is 0 Å². The van der Waals surface area contributed by atoms with Gasteiger partial charge in [-0.2, -0.15) is 0 Å². The van der Waals surface area contributed by atoms with Gasteiger partial charge in [-0.1, -0.05) is 37.6 Å². The van der Waals surface area contributed by atoms with Gasteiger partial charge in [0.25, 0.3) is 0 Å². The van der Waals surface area contributed by atoms with Gasteiger partial charge in [0, 0.05) is 16.3 Å². The number of benzene rings is 2. The van der Waals surface area contributed by atoms with Gasteiger partial charge in [-0.25, -0.2) is 0 Å². The summed E-state index contributed by atoms with van der Waals surface area (Å²) >= 11 is 6.13. The molecule has 0 saturated carbocycles. The van der Waals surface area contributed by atoms with Crippen LogP contribution in [0.25, 0.3) is 0 Å². The summed E-state index contributed by atoms with van der Waals surface area (Å²) in [5.74, 6) is 1.38. The highest BCUT2D eigenvalue weighted by molar-refractivity contribution is 6.31. The van der Waals surface area contributed by atoms with Gasteiger partial charge in [-0.3, -0.25) is 0 Å². The summed E-state index contributed by atoms with van der Waals surface area (Å²) in [4.78, 5) is 0. The Balaban J connectivity index is 2.09. The second-order valence-electron chi connectivity index (χ2n) is 5.31. The van der Waals surface area contributed by atoms with Gasteiger partial charge in [-0.05, 0) is 48.2 Å². The van der Waals surface area contributed by atoms with E-state index < -0.39 is 0 Å². The highest BCUT2D eigenvalue weighted by Crippen LogP contribution is 2.25. The quantitative estimate of drug-likeness (QED) is 0.810. The first-order valence-electron chi connectivity index (χ1n) is 6.74. The van der Waals surface area contributed by atoms with E-state index in [1.165, 1.54) is 11.1 Å². The van der Waals surface area contributed by atoms with Gasteiger partial charge in [-0.15, -0.1) is 0 Å². The van der Waals surface area contributed by atoms with Crippen molar-refractivity contribution < 1.29 is 4.74 Å². The first-order valence-corrected chi connectivity index (χ1v) is 7.12. The number of rotatable bonds is 4. The Kier molecular flexibility index (Phi) is 4.56. The third kappa shape index (κ3) is 3.45. The Hall–Kier alpha value is -1.67. The van der Waals surface area contributed by atoms with Crippen LogP contribution >= 0.6 is 11.6 Å². The molecule has 0 heterocycles. The molecule has 2 rings (SSSR count). The average Bonchev–Trinajstić information content (AvgIpc) is 2.37. The van der Waals surface area contributed by atoms with E-state index in [2.05, 4.69) is 32.9 Å². The van der Waals surface area contributed by atoms with Crippen molar-refractivity contribution >= 4 is 17.3 Å². The molecule has 0 unspecified atom stereocenters. The molecule has 2 aromatic rings. The molecule has 0 atom stereocenters. The number of aryl methyl sites for hydroxylation is 1. The Morgan fingerprint density at radius 1 is 1.15 bits per heavy atom. The standard InChI is InChI=1S/C17H20ClNO/c1-11(2)16-7-6-15(8-12(16)3)20-10-13-4-5-14(19)9-17(13)18/h4-9,11H,10,19H2,1-3H3. The largest absolute Gasteiger partial charge is 0.489 e. The van der Waals surface area contributed by atoms with Crippen molar-refractivity contribution in [2.45, 2.75) is 33.3 Å². The van der Waals surface area contributed by atoms with E-state index in [-0.39, 0.29) is 0 Å². The molecule has 20 heavy (non-hydrogen) atoms. The second kappa shape index (κ2) is 6.19. The van der Waals surface area contributed by atoms with E-state index in [0.717, 1.165) is 11.3 Å². The van der Waals surface area contributed by atoms with Gasteiger partial charge in [0.1, 0.15) is 12.4 Å². The highest BCUT2D eigenvalue weighted by atomic mass is 35.5. The zero-order chi connectivity index (χ0) is 14.7. The summed E-state index contributed by atoms with van der Waals surface area (Å²) in [5.41, 5.74) is 9.87. The predicted octanol–water partition coefficient (Wildman–Crippen LogP) is 4.93. The highest BCUT2D eigenvalue weighted by Gasteiger charge is 2.06. The molecule has 106 valence electrons. The Bertz CT molecular complexity index is 608. The van der Waals surface area contributed by atoms with Crippen LogP contribution in [0.15, 0.2) is 36.4 Å². The van der Waals surface area contributed by atoms with E-state index in [1.807, 2.05) is 18.2 Å². The van der Waals surface area contributed by atoms with E-state index in [1.54, 1.807) is 6.07 Å². The van der Waals surface area contributed by atoms with Crippen LogP contribution in [0.3, 0.4) is 0 Å². The molecular formula is C17H20ClNO. The lowest BCUT2D eigenvalue weighted by atomic mass is 9.98. The molecule has 0 saturated heterocycles.